The molecule has 2 aromatic carbocycles. The predicted molar refractivity (Wildman–Crippen MR) is 122 cm³/mol. The summed E-state index contributed by atoms with van der Waals surface area (Å²) in [6, 6.07) is 7.39. The Kier molecular flexibility index (Phi) is 5.76. The molecule has 1 aromatic heterocycles. The van der Waals surface area contributed by atoms with Gasteiger partial charge in [-0.2, -0.15) is 0 Å². The maximum absolute atomic E-state index is 14.0. The van der Waals surface area contributed by atoms with Gasteiger partial charge < -0.3 is 24.1 Å². The summed E-state index contributed by atoms with van der Waals surface area (Å²) in [4.78, 5) is 11.5. The zero-order valence-electron chi connectivity index (χ0n) is 19.1. The number of benzene rings is 2. The summed E-state index contributed by atoms with van der Waals surface area (Å²) in [6.45, 7) is 1.70. The van der Waals surface area contributed by atoms with E-state index >= 15 is 0 Å². The van der Waals surface area contributed by atoms with Crippen LogP contribution in [0.25, 0.3) is 11.8 Å². The Labute approximate surface area is 199 Å². The van der Waals surface area contributed by atoms with Crippen LogP contribution in [0.4, 0.5) is 13.2 Å². The number of aromatic nitrogens is 2. The Morgan fingerprint density at radius 1 is 1.20 bits per heavy atom. The molecule has 1 saturated heterocycles. The highest BCUT2D eigenvalue weighted by molar-refractivity contribution is 6.03. The van der Waals surface area contributed by atoms with E-state index in [4.69, 9.17) is 9.57 Å². The molecule has 35 heavy (non-hydrogen) atoms. The van der Waals surface area contributed by atoms with Crippen LogP contribution in [0.1, 0.15) is 29.7 Å². The van der Waals surface area contributed by atoms with Gasteiger partial charge in [-0.3, -0.25) is 0 Å². The Balaban J connectivity index is 1.49. The second kappa shape index (κ2) is 8.77. The molecule has 0 bridgehead atoms. The standard InChI is InChI=1S/C25H23F3N4O3/c1-15-12-31(14-29-15)21-6-5-16(9-22(21)34-2)8-17-4-3-7-32-24(17)30-35-25(32,13-33)18-10-19(26)23(28)20(27)11-18/h5-6,8-12,14,33H,3-4,7,13H2,1-2H3/b17-8-. The molecule has 2 aliphatic heterocycles. The van der Waals surface area contributed by atoms with E-state index in [0.717, 1.165) is 34.7 Å². The van der Waals surface area contributed by atoms with E-state index in [9.17, 15) is 18.3 Å². The molecule has 0 saturated carbocycles. The van der Waals surface area contributed by atoms with Gasteiger partial charge in [-0.05, 0) is 61.2 Å². The number of aryl methyl sites for hydroxylation is 1. The number of imidazole rings is 1. The maximum Gasteiger partial charge on any atom is 0.260 e. The summed E-state index contributed by atoms with van der Waals surface area (Å²) in [5.41, 5.74) is 1.68. The number of ether oxygens (including phenoxy) is 1. The Bertz CT molecular complexity index is 1330. The van der Waals surface area contributed by atoms with Crippen molar-refractivity contribution in [2.24, 2.45) is 5.16 Å². The van der Waals surface area contributed by atoms with Gasteiger partial charge in [-0.1, -0.05) is 11.2 Å². The van der Waals surface area contributed by atoms with Gasteiger partial charge in [0.15, 0.2) is 23.3 Å². The fourth-order valence-electron chi connectivity index (χ4n) is 4.53. The first-order chi connectivity index (χ1) is 16.9. The first kappa shape index (κ1) is 23.0. The van der Waals surface area contributed by atoms with Crippen LogP contribution in [0.2, 0.25) is 0 Å². The summed E-state index contributed by atoms with van der Waals surface area (Å²) in [7, 11) is 1.59. The molecule has 2 aliphatic rings. The number of rotatable bonds is 5. The number of fused-ring (bicyclic) bond motifs is 1. The van der Waals surface area contributed by atoms with Crippen molar-refractivity contribution in [1.29, 1.82) is 0 Å². The Morgan fingerprint density at radius 2 is 1.97 bits per heavy atom. The van der Waals surface area contributed by atoms with E-state index in [0.29, 0.717) is 31.0 Å². The van der Waals surface area contributed by atoms with Crippen LogP contribution in [-0.2, 0) is 10.6 Å². The molecule has 1 fully saturated rings. The van der Waals surface area contributed by atoms with Crippen molar-refractivity contribution in [2.75, 3.05) is 20.3 Å². The molecular weight excluding hydrogens is 461 g/mol. The predicted octanol–water partition coefficient (Wildman–Crippen LogP) is 4.27. The molecule has 0 spiro atoms. The minimum atomic E-state index is -1.65. The van der Waals surface area contributed by atoms with Gasteiger partial charge in [0.25, 0.3) is 5.72 Å². The van der Waals surface area contributed by atoms with Crippen LogP contribution >= 0.6 is 0 Å². The minimum Gasteiger partial charge on any atom is -0.495 e. The molecule has 5 rings (SSSR count). The third-order valence-electron chi connectivity index (χ3n) is 6.27. The lowest BCUT2D eigenvalue weighted by molar-refractivity contribution is -0.137. The van der Waals surface area contributed by atoms with Crippen LogP contribution in [0.3, 0.4) is 0 Å². The lowest BCUT2D eigenvalue weighted by Gasteiger charge is -2.38. The fraction of sp³-hybridized carbons (Fsp3) is 0.280. The van der Waals surface area contributed by atoms with Crippen molar-refractivity contribution in [3.8, 4) is 11.4 Å². The van der Waals surface area contributed by atoms with Gasteiger partial charge in [0, 0.05) is 18.3 Å². The Hall–Kier alpha value is -3.79. The summed E-state index contributed by atoms with van der Waals surface area (Å²) in [5, 5.41) is 14.4. The molecule has 1 atom stereocenters. The van der Waals surface area contributed by atoms with Crippen molar-refractivity contribution in [1.82, 2.24) is 14.5 Å². The average Bonchev–Trinajstić information content (AvgIpc) is 3.47. The van der Waals surface area contributed by atoms with Crippen molar-refractivity contribution in [2.45, 2.75) is 25.5 Å². The zero-order chi connectivity index (χ0) is 24.7. The summed E-state index contributed by atoms with van der Waals surface area (Å²) in [5.74, 6) is -3.21. The lowest BCUT2D eigenvalue weighted by Crippen LogP contribution is -2.51. The Morgan fingerprint density at radius 3 is 2.63 bits per heavy atom. The van der Waals surface area contributed by atoms with Gasteiger partial charge >= 0.3 is 0 Å². The van der Waals surface area contributed by atoms with Gasteiger partial charge in [-0.25, -0.2) is 18.2 Å². The van der Waals surface area contributed by atoms with Gasteiger partial charge in [0.05, 0.1) is 24.8 Å². The number of aliphatic hydroxyl groups excluding tert-OH is 1. The number of amidine groups is 1. The molecule has 0 amide bonds. The highest BCUT2D eigenvalue weighted by Gasteiger charge is 2.50. The van der Waals surface area contributed by atoms with Gasteiger partial charge in [0.1, 0.15) is 12.4 Å². The molecular formula is C25H23F3N4O3. The number of hydrogen-bond acceptors (Lipinski definition) is 6. The second-order valence-electron chi connectivity index (χ2n) is 8.48. The summed E-state index contributed by atoms with van der Waals surface area (Å²) >= 11 is 0. The van der Waals surface area contributed by atoms with E-state index in [1.54, 1.807) is 18.3 Å². The topological polar surface area (TPSA) is 72.1 Å². The average molecular weight is 484 g/mol. The van der Waals surface area contributed by atoms with Crippen molar-refractivity contribution in [3.63, 3.8) is 0 Å². The smallest absolute Gasteiger partial charge is 0.260 e. The largest absolute Gasteiger partial charge is 0.495 e. The molecule has 0 radical (unpaired) electrons. The molecule has 10 heteroatoms. The highest BCUT2D eigenvalue weighted by atomic mass is 19.2. The van der Waals surface area contributed by atoms with Crippen LogP contribution in [0.5, 0.6) is 5.75 Å². The molecule has 0 aliphatic carbocycles. The van der Waals surface area contributed by atoms with Crippen molar-refractivity contribution >= 4 is 11.9 Å². The molecule has 1 unspecified atom stereocenters. The van der Waals surface area contributed by atoms with Crippen LogP contribution in [0.15, 0.2) is 53.6 Å². The number of piperidine rings is 1. The number of oxime groups is 1. The molecule has 1 N–H and O–H groups in total. The lowest BCUT2D eigenvalue weighted by atomic mass is 9.94. The molecule has 182 valence electrons. The zero-order valence-corrected chi connectivity index (χ0v) is 19.1. The fourth-order valence-corrected chi connectivity index (χ4v) is 4.53. The number of hydrogen-bond donors (Lipinski definition) is 1. The third kappa shape index (κ3) is 3.83. The van der Waals surface area contributed by atoms with E-state index in [-0.39, 0.29) is 5.56 Å². The maximum atomic E-state index is 14.0. The monoisotopic (exact) mass is 484 g/mol. The van der Waals surface area contributed by atoms with Gasteiger partial charge in [-0.15, -0.1) is 0 Å². The number of methoxy groups -OCH3 is 1. The minimum absolute atomic E-state index is 0.0574. The first-order valence-corrected chi connectivity index (χ1v) is 11.1. The highest BCUT2D eigenvalue weighted by Crippen LogP contribution is 2.41. The van der Waals surface area contributed by atoms with Crippen molar-refractivity contribution in [3.05, 3.63) is 82.7 Å². The number of nitrogens with zero attached hydrogens (tertiary/aromatic N) is 4. The SMILES string of the molecule is COc1cc(/C=C2/CCCN3C2=NOC3(CO)c2cc(F)c(F)c(F)c2)ccc1-n1cnc(C)c1. The van der Waals surface area contributed by atoms with Gasteiger partial charge in [0.2, 0.25) is 0 Å². The van der Waals surface area contributed by atoms with E-state index in [2.05, 4.69) is 10.1 Å². The van der Waals surface area contributed by atoms with E-state index in [1.807, 2.05) is 42.0 Å². The van der Waals surface area contributed by atoms with E-state index < -0.39 is 29.8 Å². The number of aliphatic hydroxyl groups is 1. The first-order valence-electron chi connectivity index (χ1n) is 11.1. The molecule has 3 aromatic rings. The second-order valence-corrected chi connectivity index (χ2v) is 8.48. The van der Waals surface area contributed by atoms with Crippen LogP contribution in [0, 0.1) is 24.4 Å². The van der Waals surface area contributed by atoms with E-state index in [1.165, 1.54) is 0 Å². The number of halogens is 3. The quantitative estimate of drug-likeness (QED) is 0.548. The summed E-state index contributed by atoms with van der Waals surface area (Å²) < 4.78 is 49.0. The van der Waals surface area contributed by atoms with Crippen LogP contribution < -0.4 is 4.74 Å². The van der Waals surface area contributed by atoms with Crippen molar-refractivity contribution < 1.29 is 27.9 Å². The molecule has 3 heterocycles. The molecule has 7 nitrogen and oxygen atoms in total. The van der Waals surface area contributed by atoms with Crippen LogP contribution in [-0.4, -0.2) is 45.7 Å². The summed E-state index contributed by atoms with van der Waals surface area (Å²) in [6.07, 6.45) is 6.90. The normalized spacial score (nSPS) is 20.6. The third-order valence-corrected chi connectivity index (χ3v) is 6.27.